The van der Waals surface area contributed by atoms with E-state index in [2.05, 4.69) is 4.98 Å². The number of carbonyl (C=O) groups excluding carboxylic acids is 1. The van der Waals surface area contributed by atoms with Gasteiger partial charge in [-0.3, -0.25) is 19.6 Å². The smallest absolute Gasteiger partial charge is 0.308 e. The Balaban J connectivity index is 2.38. The Kier molecular flexibility index (Phi) is 3.66. The summed E-state index contributed by atoms with van der Waals surface area (Å²) in [7, 11) is 0. The Bertz CT molecular complexity index is 764. The molecule has 1 aromatic heterocycles. The lowest BCUT2D eigenvalue weighted by atomic mass is 10.1. The second kappa shape index (κ2) is 5.27. The average molecular weight is 299 g/mol. The maximum atomic E-state index is 12.8. The molecule has 0 aliphatic heterocycles. The van der Waals surface area contributed by atoms with E-state index in [0.717, 1.165) is 24.3 Å². The van der Waals surface area contributed by atoms with E-state index in [1.807, 2.05) is 10.3 Å². The van der Waals surface area contributed by atoms with Crippen LogP contribution in [0.5, 0.6) is 0 Å². The highest BCUT2D eigenvalue weighted by Gasteiger charge is 2.34. The summed E-state index contributed by atoms with van der Waals surface area (Å²) in [5.41, 5.74) is -3.42. The van der Waals surface area contributed by atoms with Crippen molar-refractivity contribution < 1.29 is 18.0 Å². The molecule has 0 aliphatic carbocycles. The molecule has 3 N–H and O–H groups in total. The summed E-state index contributed by atoms with van der Waals surface area (Å²) in [5, 5.41) is 2.04. The molecule has 21 heavy (non-hydrogen) atoms. The summed E-state index contributed by atoms with van der Waals surface area (Å²) < 4.78 is 38.3. The standard InChI is InChI=1S/C12H8F3N3O3/c13-12(14,15)7-4-2-1-3-6(7)10(20)16-8-5-9(19)18-11(21)17-8/h1-5H,(H3,16,17,18,19,20,21). The van der Waals surface area contributed by atoms with Crippen LogP contribution in [0.15, 0.2) is 39.9 Å². The van der Waals surface area contributed by atoms with Crippen LogP contribution in [0.3, 0.4) is 0 Å². The number of halogens is 3. The van der Waals surface area contributed by atoms with Gasteiger partial charge in [0, 0.05) is 6.07 Å². The minimum atomic E-state index is -4.70. The third kappa shape index (κ3) is 3.38. The molecule has 0 spiro atoms. The summed E-state index contributed by atoms with van der Waals surface area (Å²) in [4.78, 5) is 37.9. The highest BCUT2D eigenvalue weighted by atomic mass is 19.4. The number of amides is 1. The molecule has 2 rings (SSSR count). The number of hydrogen-bond donors (Lipinski definition) is 3. The van der Waals surface area contributed by atoms with Crippen molar-refractivity contribution in [3.05, 3.63) is 62.3 Å². The van der Waals surface area contributed by atoms with Gasteiger partial charge < -0.3 is 5.32 Å². The molecule has 0 aliphatic rings. The van der Waals surface area contributed by atoms with Crippen LogP contribution < -0.4 is 16.6 Å². The third-order valence-electron chi connectivity index (χ3n) is 2.49. The zero-order valence-electron chi connectivity index (χ0n) is 10.2. The predicted octanol–water partition coefficient (Wildman–Crippen LogP) is 1.33. The Morgan fingerprint density at radius 3 is 2.38 bits per heavy atom. The van der Waals surface area contributed by atoms with E-state index >= 15 is 0 Å². The van der Waals surface area contributed by atoms with E-state index in [1.165, 1.54) is 6.07 Å². The molecule has 6 nitrogen and oxygen atoms in total. The molecule has 1 heterocycles. The number of carbonyl (C=O) groups is 1. The van der Waals surface area contributed by atoms with Crippen molar-refractivity contribution in [2.45, 2.75) is 6.18 Å². The molecule has 0 unspecified atom stereocenters. The van der Waals surface area contributed by atoms with Crippen molar-refractivity contribution in [2.75, 3.05) is 5.32 Å². The highest BCUT2D eigenvalue weighted by molar-refractivity contribution is 6.04. The number of nitrogens with one attached hydrogen (secondary N) is 3. The Morgan fingerprint density at radius 1 is 1.10 bits per heavy atom. The molecule has 0 radical (unpaired) electrons. The van der Waals surface area contributed by atoms with E-state index in [9.17, 15) is 27.6 Å². The number of aromatic nitrogens is 2. The molecule has 0 saturated carbocycles. The van der Waals surface area contributed by atoms with Crippen molar-refractivity contribution >= 4 is 11.7 Å². The fraction of sp³-hybridized carbons (Fsp3) is 0.0833. The molecule has 0 bridgehead atoms. The lowest BCUT2D eigenvalue weighted by molar-refractivity contribution is -0.137. The Labute approximate surface area is 114 Å². The second-order valence-corrected chi connectivity index (χ2v) is 4.00. The van der Waals surface area contributed by atoms with Gasteiger partial charge in [-0.2, -0.15) is 13.2 Å². The normalized spacial score (nSPS) is 11.2. The van der Waals surface area contributed by atoms with Gasteiger partial charge in [0.05, 0.1) is 11.1 Å². The van der Waals surface area contributed by atoms with E-state index < -0.39 is 34.5 Å². The van der Waals surface area contributed by atoms with Gasteiger partial charge in [-0.15, -0.1) is 0 Å². The quantitative estimate of drug-likeness (QED) is 0.780. The first kappa shape index (κ1) is 14.6. The molecule has 0 saturated heterocycles. The van der Waals surface area contributed by atoms with Gasteiger partial charge in [-0.1, -0.05) is 12.1 Å². The number of benzene rings is 1. The van der Waals surface area contributed by atoms with Crippen molar-refractivity contribution in [1.29, 1.82) is 0 Å². The summed E-state index contributed by atoms with van der Waals surface area (Å²) in [6.45, 7) is 0. The average Bonchev–Trinajstić information content (AvgIpc) is 2.36. The fourth-order valence-corrected chi connectivity index (χ4v) is 1.65. The van der Waals surface area contributed by atoms with Gasteiger partial charge in [0.1, 0.15) is 5.82 Å². The Hall–Kier alpha value is -2.84. The molecular formula is C12H8F3N3O3. The number of alkyl halides is 3. The van der Waals surface area contributed by atoms with Crippen LogP contribution in [0.4, 0.5) is 19.0 Å². The van der Waals surface area contributed by atoms with Gasteiger partial charge in [0.2, 0.25) is 0 Å². The first-order chi connectivity index (χ1) is 9.77. The number of aromatic amines is 2. The van der Waals surface area contributed by atoms with Crippen LogP contribution in [0.25, 0.3) is 0 Å². The van der Waals surface area contributed by atoms with Crippen LogP contribution in [-0.4, -0.2) is 15.9 Å². The topological polar surface area (TPSA) is 94.8 Å². The van der Waals surface area contributed by atoms with Gasteiger partial charge in [0.25, 0.3) is 11.5 Å². The van der Waals surface area contributed by atoms with E-state index in [1.54, 1.807) is 0 Å². The van der Waals surface area contributed by atoms with Gasteiger partial charge in [-0.05, 0) is 12.1 Å². The molecule has 2 aromatic rings. The Morgan fingerprint density at radius 2 is 1.76 bits per heavy atom. The number of rotatable bonds is 2. The predicted molar refractivity (Wildman–Crippen MR) is 67.1 cm³/mol. The van der Waals surface area contributed by atoms with E-state index in [4.69, 9.17) is 0 Å². The van der Waals surface area contributed by atoms with Crippen LogP contribution in [0, 0.1) is 0 Å². The molecule has 110 valence electrons. The summed E-state index contributed by atoms with van der Waals surface area (Å²) >= 11 is 0. The third-order valence-corrected chi connectivity index (χ3v) is 2.49. The highest BCUT2D eigenvalue weighted by Crippen LogP contribution is 2.31. The first-order valence-corrected chi connectivity index (χ1v) is 5.58. The minimum Gasteiger partial charge on any atom is -0.308 e. The van der Waals surface area contributed by atoms with Crippen molar-refractivity contribution in [1.82, 2.24) is 9.97 Å². The fourth-order valence-electron chi connectivity index (χ4n) is 1.65. The number of hydrogen-bond acceptors (Lipinski definition) is 3. The summed E-state index contributed by atoms with van der Waals surface area (Å²) in [6, 6.07) is 5.01. The van der Waals surface area contributed by atoms with Gasteiger partial charge >= 0.3 is 11.9 Å². The molecule has 1 amide bonds. The van der Waals surface area contributed by atoms with Crippen molar-refractivity contribution in [2.24, 2.45) is 0 Å². The molecule has 1 aromatic carbocycles. The minimum absolute atomic E-state index is 0.300. The van der Waals surface area contributed by atoms with Crippen LogP contribution in [-0.2, 0) is 6.18 Å². The lowest BCUT2D eigenvalue weighted by Gasteiger charge is -2.12. The van der Waals surface area contributed by atoms with Crippen molar-refractivity contribution in [3.63, 3.8) is 0 Å². The number of H-pyrrole nitrogens is 2. The molecule has 0 fully saturated rings. The SMILES string of the molecule is O=C(Nc1cc(=O)[nH]c(=O)[nH]1)c1ccccc1C(F)(F)F. The molecule has 9 heteroatoms. The van der Waals surface area contributed by atoms with Gasteiger partial charge in [0.15, 0.2) is 0 Å². The van der Waals surface area contributed by atoms with Gasteiger partial charge in [-0.25, -0.2) is 4.79 Å². The summed E-state index contributed by atoms with van der Waals surface area (Å²) in [6.07, 6.45) is -4.70. The van der Waals surface area contributed by atoms with Crippen LogP contribution in [0.1, 0.15) is 15.9 Å². The van der Waals surface area contributed by atoms with Crippen molar-refractivity contribution in [3.8, 4) is 0 Å². The maximum Gasteiger partial charge on any atom is 0.417 e. The largest absolute Gasteiger partial charge is 0.417 e. The molecule has 0 atom stereocenters. The monoisotopic (exact) mass is 299 g/mol. The zero-order chi connectivity index (χ0) is 15.6. The van der Waals surface area contributed by atoms with E-state index in [-0.39, 0.29) is 5.82 Å². The van der Waals surface area contributed by atoms with E-state index in [0.29, 0.717) is 0 Å². The second-order valence-electron chi connectivity index (χ2n) is 4.00. The first-order valence-electron chi connectivity index (χ1n) is 5.58. The maximum absolute atomic E-state index is 12.8. The summed E-state index contributed by atoms with van der Waals surface area (Å²) in [5.74, 6) is -1.39. The van der Waals surface area contributed by atoms with Crippen LogP contribution in [0.2, 0.25) is 0 Å². The lowest BCUT2D eigenvalue weighted by Crippen LogP contribution is -2.25. The number of anilines is 1. The molecular weight excluding hydrogens is 291 g/mol. The van der Waals surface area contributed by atoms with Crippen LogP contribution >= 0.6 is 0 Å². The zero-order valence-corrected chi connectivity index (χ0v) is 10.2.